The van der Waals surface area contributed by atoms with Crippen LogP contribution in [0, 0.1) is 0 Å². The molecule has 0 spiro atoms. The van der Waals surface area contributed by atoms with Crippen LogP contribution < -0.4 is 0 Å². The van der Waals surface area contributed by atoms with E-state index in [9.17, 15) is 14.4 Å². The van der Waals surface area contributed by atoms with Crippen LogP contribution in [0.15, 0.2) is 12.2 Å². The number of esters is 3. The van der Waals surface area contributed by atoms with Crippen molar-refractivity contribution in [1.29, 1.82) is 0 Å². The van der Waals surface area contributed by atoms with Gasteiger partial charge in [-0.05, 0) is 44.9 Å². The predicted octanol–water partition coefficient (Wildman–Crippen LogP) is 17.8. The van der Waals surface area contributed by atoms with E-state index in [0.29, 0.717) is 19.3 Å². The van der Waals surface area contributed by atoms with Gasteiger partial charge in [0.05, 0.1) is 0 Å². The largest absolute Gasteiger partial charge is 0.462 e. The van der Waals surface area contributed by atoms with Gasteiger partial charge in [0, 0.05) is 19.3 Å². The average Bonchev–Trinajstić information content (AvgIpc) is 3.26. The van der Waals surface area contributed by atoms with Crippen LogP contribution in [0.3, 0.4) is 0 Å². The van der Waals surface area contributed by atoms with Crippen molar-refractivity contribution < 1.29 is 28.6 Å². The van der Waals surface area contributed by atoms with Gasteiger partial charge in [0.25, 0.3) is 0 Å². The second-order valence-electron chi connectivity index (χ2n) is 18.5. The van der Waals surface area contributed by atoms with Gasteiger partial charge in [-0.25, -0.2) is 0 Å². The Morgan fingerprint density at radius 2 is 0.541 bits per heavy atom. The molecule has 6 heteroatoms. The summed E-state index contributed by atoms with van der Waals surface area (Å²) in [6.07, 6.45) is 56.3. The summed E-state index contributed by atoms with van der Waals surface area (Å²) in [4.78, 5) is 38.0. The van der Waals surface area contributed by atoms with Gasteiger partial charge in [-0.2, -0.15) is 0 Å². The van der Waals surface area contributed by atoms with Crippen LogP contribution in [-0.4, -0.2) is 37.2 Å². The molecule has 0 saturated heterocycles. The van der Waals surface area contributed by atoms with E-state index in [4.69, 9.17) is 14.2 Å². The van der Waals surface area contributed by atoms with E-state index in [2.05, 4.69) is 32.9 Å². The standard InChI is InChI=1S/C55H104O6/c1-4-7-10-13-16-19-22-24-26-27-28-30-31-33-36-39-42-45-48-54(57)60-51-52(50-59-53(56)47-44-41-38-35-21-18-15-12-9-6-3)61-55(58)49-46-43-40-37-34-32-29-25-23-20-17-14-11-8-5-2/h25,29,52H,4-24,26-28,30-51H2,1-3H3/b29-25-. The Hall–Kier alpha value is -1.85. The minimum atomic E-state index is -0.767. The third kappa shape index (κ3) is 49.0. The lowest BCUT2D eigenvalue weighted by atomic mass is 10.0. The van der Waals surface area contributed by atoms with Gasteiger partial charge in [0.1, 0.15) is 13.2 Å². The van der Waals surface area contributed by atoms with Crippen LogP contribution in [0.25, 0.3) is 0 Å². The first-order valence-electron chi connectivity index (χ1n) is 27.2. The van der Waals surface area contributed by atoms with Gasteiger partial charge in [-0.3, -0.25) is 14.4 Å². The molecule has 0 saturated carbocycles. The normalized spacial score (nSPS) is 12.0. The molecular weight excluding hydrogens is 757 g/mol. The summed E-state index contributed by atoms with van der Waals surface area (Å²) >= 11 is 0. The molecule has 0 aliphatic heterocycles. The third-order valence-electron chi connectivity index (χ3n) is 12.3. The van der Waals surface area contributed by atoms with Gasteiger partial charge >= 0.3 is 17.9 Å². The van der Waals surface area contributed by atoms with E-state index in [1.54, 1.807) is 0 Å². The Bertz CT molecular complexity index is 947. The molecular formula is C55H104O6. The van der Waals surface area contributed by atoms with E-state index in [1.807, 2.05) is 0 Å². The molecule has 0 radical (unpaired) electrons. The molecule has 6 nitrogen and oxygen atoms in total. The molecule has 0 bridgehead atoms. The van der Waals surface area contributed by atoms with Gasteiger partial charge < -0.3 is 14.2 Å². The molecule has 0 rings (SSSR count). The zero-order valence-corrected chi connectivity index (χ0v) is 41.2. The smallest absolute Gasteiger partial charge is 0.306 e. The Balaban J connectivity index is 4.27. The second kappa shape index (κ2) is 50.8. The number of hydrogen-bond acceptors (Lipinski definition) is 6. The second-order valence-corrected chi connectivity index (χ2v) is 18.5. The fraction of sp³-hybridized carbons (Fsp3) is 0.909. The first kappa shape index (κ1) is 59.1. The van der Waals surface area contributed by atoms with Gasteiger partial charge in [0.2, 0.25) is 0 Å². The number of ether oxygens (including phenoxy) is 3. The quantitative estimate of drug-likeness (QED) is 0.0262. The lowest BCUT2D eigenvalue weighted by molar-refractivity contribution is -0.167. The molecule has 0 aromatic carbocycles. The van der Waals surface area contributed by atoms with Gasteiger partial charge in [0.15, 0.2) is 6.10 Å². The van der Waals surface area contributed by atoms with Crippen molar-refractivity contribution in [2.24, 2.45) is 0 Å². The molecule has 1 unspecified atom stereocenters. The number of rotatable bonds is 50. The summed E-state index contributed by atoms with van der Waals surface area (Å²) in [5, 5.41) is 0. The summed E-state index contributed by atoms with van der Waals surface area (Å²) < 4.78 is 16.8. The zero-order valence-electron chi connectivity index (χ0n) is 41.2. The molecule has 0 aliphatic rings. The number of carbonyl (C=O) groups excluding carboxylic acids is 3. The first-order chi connectivity index (χ1) is 30.0. The summed E-state index contributed by atoms with van der Waals surface area (Å²) in [6, 6.07) is 0. The Kier molecular flexibility index (Phi) is 49.3. The monoisotopic (exact) mass is 861 g/mol. The highest BCUT2D eigenvalue weighted by atomic mass is 16.6. The van der Waals surface area contributed by atoms with Crippen LogP contribution in [-0.2, 0) is 28.6 Å². The molecule has 0 fully saturated rings. The predicted molar refractivity (Wildman–Crippen MR) is 261 cm³/mol. The first-order valence-corrected chi connectivity index (χ1v) is 27.2. The number of allylic oxidation sites excluding steroid dienone is 2. The summed E-state index contributed by atoms with van der Waals surface area (Å²) in [5.74, 6) is -0.859. The molecule has 0 aromatic heterocycles. The van der Waals surface area contributed by atoms with E-state index >= 15 is 0 Å². The maximum atomic E-state index is 12.8. The van der Waals surface area contributed by atoms with Crippen molar-refractivity contribution in [3.05, 3.63) is 12.2 Å². The molecule has 1 atom stereocenters. The SMILES string of the molecule is CCCCCCCC/C=C\CCCCCCCC(=O)OC(COC(=O)CCCCCCCCCCCC)COC(=O)CCCCCCCCCCCCCCCCCCCC. The third-order valence-corrected chi connectivity index (χ3v) is 12.3. The number of carbonyl (C=O) groups is 3. The lowest BCUT2D eigenvalue weighted by Crippen LogP contribution is -2.30. The highest BCUT2D eigenvalue weighted by Crippen LogP contribution is 2.16. The van der Waals surface area contributed by atoms with Gasteiger partial charge in [-0.15, -0.1) is 0 Å². The summed E-state index contributed by atoms with van der Waals surface area (Å²) in [5.41, 5.74) is 0. The van der Waals surface area contributed by atoms with Crippen LogP contribution >= 0.6 is 0 Å². The Morgan fingerprint density at radius 1 is 0.311 bits per heavy atom. The highest BCUT2D eigenvalue weighted by molar-refractivity contribution is 5.71. The maximum Gasteiger partial charge on any atom is 0.306 e. The van der Waals surface area contributed by atoms with Crippen molar-refractivity contribution >= 4 is 17.9 Å². The molecule has 0 heterocycles. The molecule has 360 valence electrons. The topological polar surface area (TPSA) is 78.9 Å². The summed E-state index contributed by atoms with van der Waals surface area (Å²) in [6.45, 7) is 6.66. The van der Waals surface area contributed by atoms with Crippen molar-refractivity contribution in [2.45, 2.75) is 309 Å². The van der Waals surface area contributed by atoms with Crippen LogP contribution in [0.2, 0.25) is 0 Å². The average molecular weight is 861 g/mol. The van der Waals surface area contributed by atoms with Gasteiger partial charge in [-0.1, -0.05) is 251 Å². The van der Waals surface area contributed by atoms with Crippen molar-refractivity contribution in [3.8, 4) is 0 Å². The van der Waals surface area contributed by atoms with Crippen LogP contribution in [0.5, 0.6) is 0 Å². The molecule has 0 aromatic rings. The molecule has 0 N–H and O–H groups in total. The van der Waals surface area contributed by atoms with E-state index in [-0.39, 0.29) is 31.1 Å². The van der Waals surface area contributed by atoms with E-state index < -0.39 is 6.10 Å². The molecule has 61 heavy (non-hydrogen) atoms. The van der Waals surface area contributed by atoms with Crippen molar-refractivity contribution in [1.82, 2.24) is 0 Å². The minimum absolute atomic E-state index is 0.0679. The lowest BCUT2D eigenvalue weighted by Gasteiger charge is -2.18. The van der Waals surface area contributed by atoms with Crippen molar-refractivity contribution in [3.63, 3.8) is 0 Å². The Morgan fingerprint density at radius 3 is 0.820 bits per heavy atom. The van der Waals surface area contributed by atoms with E-state index in [1.165, 1.54) is 199 Å². The van der Waals surface area contributed by atoms with E-state index in [0.717, 1.165) is 64.2 Å². The zero-order chi connectivity index (χ0) is 44.4. The van der Waals surface area contributed by atoms with Crippen molar-refractivity contribution in [2.75, 3.05) is 13.2 Å². The molecule has 0 aliphatic carbocycles. The minimum Gasteiger partial charge on any atom is -0.462 e. The van der Waals surface area contributed by atoms with Crippen LogP contribution in [0.1, 0.15) is 303 Å². The Labute approximate surface area is 380 Å². The fourth-order valence-corrected chi connectivity index (χ4v) is 8.14. The number of unbranched alkanes of at least 4 members (excludes halogenated alkanes) is 37. The highest BCUT2D eigenvalue weighted by Gasteiger charge is 2.19. The number of hydrogen-bond donors (Lipinski definition) is 0. The van der Waals surface area contributed by atoms with Crippen LogP contribution in [0.4, 0.5) is 0 Å². The fourth-order valence-electron chi connectivity index (χ4n) is 8.14. The summed E-state index contributed by atoms with van der Waals surface area (Å²) in [7, 11) is 0. The molecule has 0 amide bonds. The maximum absolute atomic E-state index is 12.8.